The van der Waals surface area contributed by atoms with E-state index in [0.29, 0.717) is 21.1 Å². The predicted octanol–water partition coefficient (Wildman–Crippen LogP) is 5.25. The zero-order chi connectivity index (χ0) is 23.4. The number of amides is 2. The molecule has 0 saturated heterocycles. The molecule has 3 heterocycles. The van der Waals surface area contributed by atoms with Crippen molar-refractivity contribution in [2.75, 3.05) is 5.32 Å². The number of carbonyl (C=O) groups excluding carboxylic acids is 1. The van der Waals surface area contributed by atoms with Gasteiger partial charge in [0.15, 0.2) is 5.69 Å². The van der Waals surface area contributed by atoms with Crippen molar-refractivity contribution in [3.63, 3.8) is 0 Å². The first-order chi connectivity index (χ1) is 15.8. The molecule has 0 unspecified atom stereocenters. The van der Waals surface area contributed by atoms with Crippen molar-refractivity contribution in [3.8, 4) is 5.69 Å². The number of carbonyl (C=O) groups is 1. The fourth-order valence-corrected chi connectivity index (χ4v) is 3.30. The normalized spacial score (nSPS) is 11.4. The Morgan fingerprint density at radius 3 is 2.06 bits per heavy atom. The van der Waals surface area contributed by atoms with Gasteiger partial charge in [0.25, 0.3) is 0 Å². The third-order valence-electron chi connectivity index (χ3n) is 4.60. The van der Waals surface area contributed by atoms with E-state index in [9.17, 15) is 18.0 Å². The van der Waals surface area contributed by atoms with Crippen LogP contribution in [0.3, 0.4) is 0 Å². The van der Waals surface area contributed by atoms with E-state index in [1.165, 1.54) is 24.3 Å². The van der Waals surface area contributed by atoms with Gasteiger partial charge in [0.1, 0.15) is 6.04 Å². The van der Waals surface area contributed by atoms with E-state index in [2.05, 4.69) is 25.7 Å². The van der Waals surface area contributed by atoms with E-state index in [1.807, 2.05) is 0 Å². The molecule has 2 amide bonds. The summed E-state index contributed by atoms with van der Waals surface area (Å²) in [6.45, 7) is 0. The minimum absolute atomic E-state index is 0.139. The van der Waals surface area contributed by atoms with Gasteiger partial charge < -0.3 is 10.6 Å². The molecule has 0 saturated carbocycles. The number of alkyl halides is 3. The predicted molar refractivity (Wildman–Crippen MR) is 116 cm³/mol. The molecule has 3 aromatic heterocycles. The van der Waals surface area contributed by atoms with Gasteiger partial charge in [0.2, 0.25) is 0 Å². The Labute approximate surface area is 191 Å². The van der Waals surface area contributed by atoms with Gasteiger partial charge in [-0.1, -0.05) is 23.7 Å². The monoisotopic (exact) mass is 472 g/mol. The largest absolute Gasteiger partial charge is 0.435 e. The lowest BCUT2D eigenvalue weighted by atomic mass is 10.1. The van der Waals surface area contributed by atoms with E-state index in [-0.39, 0.29) is 5.69 Å². The highest BCUT2D eigenvalue weighted by atomic mass is 35.5. The van der Waals surface area contributed by atoms with Crippen LogP contribution < -0.4 is 10.6 Å². The lowest BCUT2D eigenvalue weighted by Gasteiger charge is -2.19. The van der Waals surface area contributed by atoms with Crippen LogP contribution in [0.25, 0.3) is 5.69 Å². The summed E-state index contributed by atoms with van der Waals surface area (Å²) in [5.41, 5.74) is -0.554. The molecular weight excluding hydrogens is 457 g/mol. The maximum absolute atomic E-state index is 13.9. The molecule has 33 heavy (non-hydrogen) atoms. The van der Waals surface area contributed by atoms with Crippen LogP contribution in [-0.4, -0.2) is 25.8 Å². The summed E-state index contributed by atoms with van der Waals surface area (Å²) < 4.78 is 42.3. The van der Waals surface area contributed by atoms with Crippen molar-refractivity contribution >= 4 is 23.3 Å². The average Bonchev–Trinajstić information content (AvgIpc) is 3.23. The first kappa shape index (κ1) is 22.3. The Balaban J connectivity index is 1.63. The number of urea groups is 1. The van der Waals surface area contributed by atoms with Crippen molar-refractivity contribution in [1.82, 2.24) is 25.1 Å². The highest BCUT2D eigenvalue weighted by Crippen LogP contribution is 2.36. The molecule has 0 radical (unpaired) electrons. The van der Waals surface area contributed by atoms with Crippen molar-refractivity contribution in [2.24, 2.45) is 0 Å². The van der Waals surface area contributed by atoms with E-state index in [4.69, 9.17) is 11.6 Å². The van der Waals surface area contributed by atoms with Crippen LogP contribution >= 0.6 is 11.6 Å². The second kappa shape index (κ2) is 9.29. The first-order valence-electron chi connectivity index (χ1n) is 9.63. The zero-order valence-corrected chi connectivity index (χ0v) is 17.5. The van der Waals surface area contributed by atoms with Gasteiger partial charge >= 0.3 is 12.2 Å². The number of anilines is 1. The van der Waals surface area contributed by atoms with Gasteiger partial charge in [0.05, 0.1) is 29.0 Å². The summed E-state index contributed by atoms with van der Waals surface area (Å²) in [6, 6.07) is 14.3. The lowest BCUT2D eigenvalue weighted by molar-refractivity contribution is -0.142. The van der Waals surface area contributed by atoms with Crippen LogP contribution in [0.2, 0.25) is 5.02 Å². The Morgan fingerprint density at radius 2 is 1.55 bits per heavy atom. The van der Waals surface area contributed by atoms with Gasteiger partial charge in [-0.05, 0) is 48.5 Å². The first-order valence-corrected chi connectivity index (χ1v) is 10.0. The third kappa shape index (κ3) is 5.12. The van der Waals surface area contributed by atoms with Crippen molar-refractivity contribution < 1.29 is 18.0 Å². The highest BCUT2D eigenvalue weighted by Gasteiger charge is 2.39. The number of pyridine rings is 2. The maximum Gasteiger partial charge on any atom is 0.435 e. The molecule has 0 fully saturated rings. The SMILES string of the molecule is O=C(Nc1cnn(-c2ccc(Cl)cc2)c1C(F)(F)F)NC(c1ccccn1)c1ccccn1. The van der Waals surface area contributed by atoms with Crippen molar-refractivity contribution in [2.45, 2.75) is 12.2 Å². The van der Waals surface area contributed by atoms with Crippen LogP contribution in [0.4, 0.5) is 23.7 Å². The van der Waals surface area contributed by atoms with Crippen LogP contribution in [0.1, 0.15) is 23.1 Å². The molecule has 4 rings (SSSR count). The molecule has 0 spiro atoms. The van der Waals surface area contributed by atoms with Crippen LogP contribution in [0, 0.1) is 0 Å². The number of benzene rings is 1. The molecule has 1 aromatic carbocycles. The maximum atomic E-state index is 13.9. The molecular formula is C22H16ClF3N6O. The van der Waals surface area contributed by atoms with Crippen LogP contribution in [0.5, 0.6) is 0 Å². The molecule has 168 valence electrons. The standard InChI is InChI=1S/C22H16ClF3N6O/c23-14-7-9-15(10-8-14)32-20(22(24,25)26)18(13-29-32)30-21(33)31-19(16-5-1-3-11-27-16)17-6-2-4-12-28-17/h1-13,19H,(H2,30,31,33). The summed E-state index contributed by atoms with van der Waals surface area (Å²) in [5.74, 6) is 0. The number of hydrogen-bond donors (Lipinski definition) is 2. The molecule has 11 heteroatoms. The van der Waals surface area contributed by atoms with E-state index < -0.39 is 29.6 Å². The molecule has 0 aliphatic heterocycles. The fourth-order valence-electron chi connectivity index (χ4n) is 3.17. The van der Waals surface area contributed by atoms with Crippen molar-refractivity contribution in [3.05, 3.63) is 101 Å². The number of rotatable bonds is 5. The van der Waals surface area contributed by atoms with Gasteiger partial charge in [0, 0.05) is 17.4 Å². The topological polar surface area (TPSA) is 84.7 Å². The van der Waals surface area contributed by atoms with E-state index in [1.54, 1.807) is 48.8 Å². The fraction of sp³-hybridized carbons (Fsp3) is 0.0909. The van der Waals surface area contributed by atoms with E-state index >= 15 is 0 Å². The summed E-state index contributed by atoms with van der Waals surface area (Å²) in [4.78, 5) is 21.2. The molecule has 0 atom stereocenters. The summed E-state index contributed by atoms with van der Waals surface area (Å²) in [6.07, 6.45) is -0.765. The average molecular weight is 473 g/mol. The second-order valence-corrected chi connectivity index (χ2v) is 7.27. The molecule has 0 bridgehead atoms. The van der Waals surface area contributed by atoms with Crippen LogP contribution in [-0.2, 0) is 6.18 Å². The number of nitrogens with one attached hydrogen (secondary N) is 2. The number of nitrogens with zero attached hydrogens (tertiary/aromatic N) is 4. The summed E-state index contributed by atoms with van der Waals surface area (Å²) in [5, 5.41) is 9.08. The second-order valence-electron chi connectivity index (χ2n) is 6.83. The van der Waals surface area contributed by atoms with E-state index in [0.717, 1.165) is 6.20 Å². The van der Waals surface area contributed by atoms with Gasteiger partial charge in [-0.25, -0.2) is 9.48 Å². The van der Waals surface area contributed by atoms with Gasteiger partial charge in [-0.3, -0.25) is 9.97 Å². The smallest absolute Gasteiger partial charge is 0.324 e. The Kier molecular flexibility index (Phi) is 6.27. The summed E-state index contributed by atoms with van der Waals surface area (Å²) >= 11 is 5.82. The quantitative estimate of drug-likeness (QED) is 0.415. The minimum Gasteiger partial charge on any atom is -0.324 e. The summed E-state index contributed by atoms with van der Waals surface area (Å²) in [7, 11) is 0. The molecule has 7 nitrogen and oxygen atoms in total. The Bertz CT molecular complexity index is 1190. The van der Waals surface area contributed by atoms with Crippen molar-refractivity contribution in [1.29, 1.82) is 0 Å². The number of halogens is 4. The Morgan fingerprint density at radius 1 is 0.939 bits per heavy atom. The Hall–Kier alpha value is -3.92. The molecule has 0 aliphatic carbocycles. The molecule has 2 N–H and O–H groups in total. The minimum atomic E-state index is -4.79. The third-order valence-corrected chi connectivity index (χ3v) is 4.85. The number of hydrogen-bond acceptors (Lipinski definition) is 4. The lowest BCUT2D eigenvalue weighted by Crippen LogP contribution is -2.34. The highest BCUT2D eigenvalue weighted by molar-refractivity contribution is 6.30. The molecule has 0 aliphatic rings. The molecule has 4 aromatic rings. The zero-order valence-electron chi connectivity index (χ0n) is 16.8. The van der Waals surface area contributed by atoms with Gasteiger partial charge in [-0.2, -0.15) is 18.3 Å². The van der Waals surface area contributed by atoms with Crippen LogP contribution in [0.15, 0.2) is 79.3 Å². The van der Waals surface area contributed by atoms with Gasteiger partial charge in [-0.15, -0.1) is 0 Å². The number of aromatic nitrogens is 4.